The molecule has 0 spiro atoms. The summed E-state index contributed by atoms with van der Waals surface area (Å²) in [7, 11) is 1.59. The Labute approximate surface area is 81.0 Å². The Morgan fingerprint density at radius 3 is 2.62 bits per heavy atom. The Morgan fingerprint density at radius 2 is 2.15 bits per heavy atom. The summed E-state index contributed by atoms with van der Waals surface area (Å²) in [6.07, 6.45) is 7.48. The van der Waals surface area contributed by atoms with Crippen LogP contribution in [0.3, 0.4) is 0 Å². The van der Waals surface area contributed by atoms with Crippen LogP contribution in [0.2, 0.25) is 0 Å². The lowest BCUT2D eigenvalue weighted by atomic mass is 10.1. The van der Waals surface area contributed by atoms with E-state index in [-0.39, 0.29) is 0 Å². The van der Waals surface area contributed by atoms with Gasteiger partial charge in [-0.2, -0.15) is 0 Å². The molecule has 0 amide bonds. The van der Waals surface area contributed by atoms with Crippen LogP contribution in [0.5, 0.6) is 0 Å². The van der Waals surface area contributed by atoms with Crippen molar-refractivity contribution in [2.24, 2.45) is 4.99 Å². The Morgan fingerprint density at radius 1 is 1.46 bits per heavy atom. The highest BCUT2D eigenvalue weighted by Crippen LogP contribution is 2.07. The number of allylic oxidation sites excluding steroid dienone is 3. The lowest BCUT2D eigenvalue weighted by Gasteiger charge is -1.98. The summed E-state index contributed by atoms with van der Waals surface area (Å²) >= 11 is 0. The molecule has 0 heterocycles. The lowest BCUT2D eigenvalue weighted by molar-refractivity contribution is 0.289. The van der Waals surface area contributed by atoms with Crippen LogP contribution in [-0.2, 0) is 4.74 Å². The van der Waals surface area contributed by atoms with Crippen LogP contribution >= 0.6 is 0 Å². The molecule has 0 fully saturated rings. The zero-order valence-electron chi connectivity index (χ0n) is 8.84. The van der Waals surface area contributed by atoms with Crippen molar-refractivity contribution >= 4 is 6.72 Å². The van der Waals surface area contributed by atoms with Gasteiger partial charge in [-0.15, -0.1) is 0 Å². The number of aliphatic imine (C=N–C) groups is 1. The Kier molecular flexibility index (Phi) is 6.98. The molecule has 0 aromatic heterocycles. The molecule has 2 nitrogen and oxygen atoms in total. The minimum absolute atomic E-state index is 0.566. The van der Waals surface area contributed by atoms with Gasteiger partial charge in [-0.1, -0.05) is 25.0 Å². The van der Waals surface area contributed by atoms with Crippen LogP contribution in [0.4, 0.5) is 0 Å². The Hall–Kier alpha value is -1.05. The van der Waals surface area contributed by atoms with Gasteiger partial charge in [0.05, 0.1) is 7.11 Å². The molecule has 0 aliphatic heterocycles. The maximum Gasteiger partial charge on any atom is 0.212 e. The number of rotatable bonds is 6. The van der Waals surface area contributed by atoms with Crippen molar-refractivity contribution < 1.29 is 4.74 Å². The third-order valence-electron chi connectivity index (χ3n) is 1.80. The van der Waals surface area contributed by atoms with Gasteiger partial charge in [-0.05, 0) is 26.5 Å². The second kappa shape index (κ2) is 7.59. The molecule has 13 heavy (non-hydrogen) atoms. The third kappa shape index (κ3) is 6.14. The zero-order valence-corrected chi connectivity index (χ0v) is 8.84. The molecule has 0 aliphatic rings. The summed E-state index contributed by atoms with van der Waals surface area (Å²) in [5, 5.41) is 0. The quantitative estimate of drug-likeness (QED) is 0.350. The molecule has 0 radical (unpaired) electrons. The predicted octanol–water partition coefficient (Wildman–Crippen LogP) is 3.31. The van der Waals surface area contributed by atoms with Crippen molar-refractivity contribution in [2.45, 2.75) is 33.1 Å². The van der Waals surface area contributed by atoms with E-state index in [4.69, 9.17) is 4.74 Å². The van der Waals surface area contributed by atoms with Crippen LogP contribution in [0, 0.1) is 0 Å². The van der Waals surface area contributed by atoms with Crippen molar-refractivity contribution in [2.75, 3.05) is 7.11 Å². The van der Waals surface area contributed by atoms with E-state index in [1.807, 2.05) is 12.2 Å². The molecule has 0 saturated heterocycles. The zero-order chi connectivity index (χ0) is 10.1. The summed E-state index contributed by atoms with van der Waals surface area (Å²) in [5.41, 5.74) is 1.35. The van der Waals surface area contributed by atoms with Crippen LogP contribution in [0.1, 0.15) is 33.1 Å². The Bertz CT molecular complexity index is 204. The van der Waals surface area contributed by atoms with Crippen LogP contribution in [0.15, 0.2) is 28.6 Å². The fourth-order valence-electron chi connectivity index (χ4n) is 0.938. The van der Waals surface area contributed by atoms with E-state index in [0.29, 0.717) is 5.88 Å². The number of hydrogen-bond donors (Lipinski definition) is 0. The first-order chi connectivity index (χ1) is 6.24. The van der Waals surface area contributed by atoms with Gasteiger partial charge in [-0.3, -0.25) is 0 Å². The second-order valence-corrected chi connectivity index (χ2v) is 2.98. The topological polar surface area (TPSA) is 21.6 Å². The molecular formula is C11H19NO. The normalized spacial score (nSPS) is 12.8. The molecule has 0 atom stereocenters. The number of ether oxygens (including phenoxy) is 1. The highest BCUT2D eigenvalue weighted by atomic mass is 16.5. The van der Waals surface area contributed by atoms with Gasteiger partial charge in [0, 0.05) is 6.08 Å². The monoisotopic (exact) mass is 181 g/mol. The fraction of sp³-hybridized carbons (Fsp3) is 0.545. The Balaban J connectivity index is 4.05. The van der Waals surface area contributed by atoms with Crippen molar-refractivity contribution in [3.05, 3.63) is 23.6 Å². The maximum absolute atomic E-state index is 4.94. The van der Waals surface area contributed by atoms with Gasteiger partial charge in [0.2, 0.25) is 5.88 Å². The van der Waals surface area contributed by atoms with E-state index in [2.05, 4.69) is 25.6 Å². The van der Waals surface area contributed by atoms with Crippen molar-refractivity contribution in [3.8, 4) is 0 Å². The summed E-state index contributed by atoms with van der Waals surface area (Å²) in [6.45, 7) is 7.70. The van der Waals surface area contributed by atoms with Gasteiger partial charge in [0.15, 0.2) is 0 Å². The first-order valence-electron chi connectivity index (χ1n) is 4.62. The van der Waals surface area contributed by atoms with E-state index in [9.17, 15) is 0 Å². The number of nitrogens with zero attached hydrogens (tertiary/aromatic N) is 1. The highest BCUT2D eigenvalue weighted by Gasteiger charge is 1.89. The van der Waals surface area contributed by atoms with Gasteiger partial charge < -0.3 is 4.74 Å². The van der Waals surface area contributed by atoms with Crippen molar-refractivity contribution in [3.63, 3.8) is 0 Å². The van der Waals surface area contributed by atoms with Crippen LogP contribution in [-0.4, -0.2) is 13.8 Å². The summed E-state index contributed by atoms with van der Waals surface area (Å²) in [6, 6.07) is 0. The van der Waals surface area contributed by atoms with Crippen molar-refractivity contribution in [1.82, 2.24) is 0 Å². The maximum atomic E-state index is 4.94. The average Bonchev–Trinajstić information content (AvgIpc) is 2.16. The summed E-state index contributed by atoms with van der Waals surface area (Å²) in [5.74, 6) is 0.566. The van der Waals surface area contributed by atoms with Crippen LogP contribution < -0.4 is 0 Å². The average molecular weight is 181 g/mol. The molecule has 0 N–H and O–H groups in total. The predicted molar refractivity (Wildman–Crippen MR) is 57.9 cm³/mol. The molecule has 0 saturated carbocycles. The van der Waals surface area contributed by atoms with Gasteiger partial charge in [0.1, 0.15) is 0 Å². The molecule has 0 unspecified atom stereocenters. The van der Waals surface area contributed by atoms with Gasteiger partial charge in [0.25, 0.3) is 0 Å². The number of methoxy groups -OCH3 is 1. The largest absolute Gasteiger partial charge is 0.481 e. The molecule has 74 valence electrons. The minimum atomic E-state index is 0.566. The molecular weight excluding hydrogens is 162 g/mol. The second-order valence-electron chi connectivity index (χ2n) is 2.98. The smallest absolute Gasteiger partial charge is 0.212 e. The van der Waals surface area contributed by atoms with Crippen LogP contribution in [0.25, 0.3) is 0 Å². The highest BCUT2D eigenvalue weighted by molar-refractivity contribution is 5.28. The van der Waals surface area contributed by atoms with E-state index < -0.39 is 0 Å². The molecule has 0 rings (SSSR count). The number of hydrogen-bond acceptors (Lipinski definition) is 2. The van der Waals surface area contributed by atoms with E-state index in [1.165, 1.54) is 18.4 Å². The lowest BCUT2D eigenvalue weighted by Crippen LogP contribution is -1.81. The fourth-order valence-corrected chi connectivity index (χ4v) is 0.938. The van der Waals surface area contributed by atoms with Gasteiger partial charge >= 0.3 is 0 Å². The molecule has 0 aliphatic carbocycles. The SMILES string of the molecule is C=N/C(=C\C=C(/C)CCCC)OC. The summed E-state index contributed by atoms with van der Waals surface area (Å²) < 4.78 is 4.94. The third-order valence-corrected chi connectivity index (χ3v) is 1.80. The van der Waals surface area contributed by atoms with E-state index >= 15 is 0 Å². The minimum Gasteiger partial charge on any atom is -0.481 e. The van der Waals surface area contributed by atoms with E-state index in [0.717, 1.165) is 6.42 Å². The molecule has 0 aromatic carbocycles. The molecule has 0 aromatic rings. The van der Waals surface area contributed by atoms with E-state index in [1.54, 1.807) is 7.11 Å². The first kappa shape index (κ1) is 11.9. The van der Waals surface area contributed by atoms with Gasteiger partial charge in [-0.25, -0.2) is 4.99 Å². The standard InChI is InChI=1S/C11H19NO/c1-5-6-7-10(2)8-9-11(12-3)13-4/h8-9H,3,5-7H2,1-2,4H3/b10-8+,11-9+. The van der Waals surface area contributed by atoms with Crippen molar-refractivity contribution in [1.29, 1.82) is 0 Å². The number of unbranched alkanes of at least 4 members (excludes halogenated alkanes) is 1. The first-order valence-corrected chi connectivity index (χ1v) is 4.62. The molecule has 2 heteroatoms. The summed E-state index contributed by atoms with van der Waals surface area (Å²) in [4.78, 5) is 3.70. The molecule has 0 bridgehead atoms.